The number of carbonyl (C=O) groups is 1. The van der Waals surface area contributed by atoms with Crippen LogP contribution in [0.1, 0.15) is 65.1 Å². The molecule has 0 bridgehead atoms. The Kier molecular flexibility index (Phi) is 4.09. The molecule has 4 rings (SSSR count). The molecule has 0 saturated heterocycles. The van der Waals surface area contributed by atoms with Crippen molar-refractivity contribution in [1.82, 2.24) is 20.3 Å². The maximum Gasteiger partial charge on any atom is 0.270 e. The van der Waals surface area contributed by atoms with Crippen LogP contribution >= 0.6 is 0 Å². The molecular formula is C18H20N4O3. The van der Waals surface area contributed by atoms with Crippen LogP contribution in [0.4, 0.5) is 0 Å². The number of aliphatic hydroxyl groups is 1. The standard InChI is InChI=1S/C18H20N4O3/c23-9-10-3-4-19-15(5-10)18(25)20-13-6-12(7-13)14-8-16(24)22-17(21-14)11-1-2-11/h3-5,8,11-13,23H,1-2,6-7,9H2,(H,20,25)(H,21,22,24). The van der Waals surface area contributed by atoms with E-state index in [-0.39, 0.29) is 30.0 Å². The van der Waals surface area contributed by atoms with Gasteiger partial charge in [-0.15, -0.1) is 0 Å². The first kappa shape index (κ1) is 16.0. The number of nitrogens with zero attached hydrogens (tertiary/aromatic N) is 2. The number of pyridine rings is 1. The van der Waals surface area contributed by atoms with Crippen molar-refractivity contribution in [1.29, 1.82) is 0 Å². The molecule has 0 atom stereocenters. The molecule has 0 spiro atoms. The molecule has 2 fully saturated rings. The summed E-state index contributed by atoms with van der Waals surface area (Å²) < 4.78 is 0. The van der Waals surface area contributed by atoms with Crippen molar-refractivity contribution in [3.8, 4) is 0 Å². The molecular weight excluding hydrogens is 320 g/mol. The average molecular weight is 340 g/mol. The Morgan fingerprint density at radius 3 is 2.80 bits per heavy atom. The van der Waals surface area contributed by atoms with Gasteiger partial charge in [-0.05, 0) is 43.4 Å². The van der Waals surface area contributed by atoms with Crippen molar-refractivity contribution < 1.29 is 9.90 Å². The number of aromatic nitrogens is 3. The van der Waals surface area contributed by atoms with Gasteiger partial charge in [-0.25, -0.2) is 4.98 Å². The zero-order chi connectivity index (χ0) is 17.4. The van der Waals surface area contributed by atoms with Gasteiger partial charge in [-0.3, -0.25) is 14.6 Å². The van der Waals surface area contributed by atoms with E-state index in [2.05, 4.69) is 20.3 Å². The van der Waals surface area contributed by atoms with Crippen LogP contribution in [0, 0.1) is 0 Å². The van der Waals surface area contributed by atoms with Gasteiger partial charge in [0.2, 0.25) is 0 Å². The van der Waals surface area contributed by atoms with E-state index in [9.17, 15) is 9.59 Å². The van der Waals surface area contributed by atoms with Crippen LogP contribution in [0.15, 0.2) is 29.2 Å². The van der Waals surface area contributed by atoms with Crippen molar-refractivity contribution in [3.05, 3.63) is 57.5 Å². The molecule has 0 unspecified atom stereocenters. The zero-order valence-electron chi connectivity index (χ0n) is 13.7. The van der Waals surface area contributed by atoms with Crippen LogP contribution in [0.5, 0.6) is 0 Å². The van der Waals surface area contributed by atoms with E-state index in [0.29, 0.717) is 17.2 Å². The van der Waals surface area contributed by atoms with Gasteiger partial charge in [0.05, 0.1) is 12.3 Å². The molecule has 2 aliphatic rings. The molecule has 2 aromatic heterocycles. The molecule has 25 heavy (non-hydrogen) atoms. The van der Waals surface area contributed by atoms with Gasteiger partial charge in [0.25, 0.3) is 11.5 Å². The van der Waals surface area contributed by atoms with E-state index in [1.165, 1.54) is 6.20 Å². The second kappa shape index (κ2) is 6.40. The quantitative estimate of drug-likeness (QED) is 0.758. The molecule has 7 nitrogen and oxygen atoms in total. The first-order valence-electron chi connectivity index (χ1n) is 8.60. The summed E-state index contributed by atoms with van der Waals surface area (Å²) in [6.45, 7) is -0.119. The van der Waals surface area contributed by atoms with Crippen LogP contribution in [-0.2, 0) is 6.61 Å². The fourth-order valence-electron chi connectivity index (χ4n) is 3.19. The zero-order valence-corrected chi connectivity index (χ0v) is 13.7. The van der Waals surface area contributed by atoms with Crippen molar-refractivity contribution in [2.45, 2.75) is 50.2 Å². The molecule has 7 heteroatoms. The highest BCUT2D eigenvalue weighted by Crippen LogP contribution is 2.40. The predicted molar refractivity (Wildman–Crippen MR) is 90.2 cm³/mol. The van der Waals surface area contributed by atoms with Crippen molar-refractivity contribution >= 4 is 5.91 Å². The highest BCUT2D eigenvalue weighted by atomic mass is 16.3. The lowest BCUT2D eigenvalue weighted by molar-refractivity contribution is 0.0903. The first-order valence-corrected chi connectivity index (χ1v) is 8.60. The highest BCUT2D eigenvalue weighted by Gasteiger charge is 2.34. The number of rotatable bonds is 5. The van der Waals surface area contributed by atoms with E-state index < -0.39 is 0 Å². The smallest absolute Gasteiger partial charge is 0.270 e. The molecule has 130 valence electrons. The maximum atomic E-state index is 12.2. The number of aromatic amines is 1. The fraction of sp³-hybridized carbons (Fsp3) is 0.444. The third kappa shape index (κ3) is 3.46. The molecule has 2 aliphatic carbocycles. The van der Waals surface area contributed by atoms with Gasteiger partial charge in [0.15, 0.2) is 0 Å². The highest BCUT2D eigenvalue weighted by molar-refractivity contribution is 5.92. The molecule has 2 saturated carbocycles. The number of aliphatic hydroxyl groups excluding tert-OH is 1. The summed E-state index contributed by atoms with van der Waals surface area (Å²) in [6.07, 6.45) is 5.24. The minimum absolute atomic E-state index is 0.0579. The molecule has 3 N–H and O–H groups in total. The Morgan fingerprint density at radius 2 is 2.08 bits per heavy atom. The van der Waals surface area contributed by atoms with Crippen LogP contribution < -0.4 is 10.9 Å². The molecule has 0 aliphatic heterocycles. The van der Waals surface area contributed by atoms with E-state index >= 15 is 0 Å². The van der Waals surface area contributed by atoms with E-state index in [0.717, 1.165) is 37.2 Å². The summed E-state index contributed by atoms with van der Waals surface area (Å²) >= 11 is 0. The summed E-state index contributed by atoms with van der Waals surface area (Å²) in [4.78, 5) is 35.5. The van der Waals surface area contributed by atoms with Crippen LogP contribution in [-0.4, -0.2) is 32.0 Å². The van der Waals surface area contributed by atoms with Crippen LogP contribution in [0.3, 0.4) is 0 Å². The minimum Gasteiger partial charge on any atom is -0.392 e. The number of carbonyl (C=O) groups excluding carboxylic acids is 1. The van der Waals surface area contributed by atoms with Gasteiger partial charge in [0, 0.05) is 30.1 Å². The van der Waals surface area contributed by atoms with Gasteiger partial charge in [0.1, 0.15) is 11.5 Å². The van der Waals surface area contributed by atoms with E-state index in [4.69, 9.17) is 5.11 Å². The first-order chi connectivity index (χ1) is 12.1. The summed E-state index contributed by atoms with van der Waals surface area (Å²) in [5.41, 5.74) is 1.70. The lowest BCUT2D eigenvalue weighted by Crippen LogP contribution is -2.44. The molecule has 0 aromatic carbocycles. The van der Waals surface area contributed by atoms with E-state index in [1.807, 2.05) is 0 Å². The maximum absolute atomic E-state index is 12.2. The third-order valence-corrected chi connectivity index (χ3v) is 4.87. The second-order valence-electron chi connectivity index (χ2n) is 6.88. The number of H-pyrrole nitrogens is 1. The lowest BCUT2D eigenvalue weighted by Gasteiger charge is -2.35. The molecule has 2 aromatic rings. The van der Waals surface area contributed by atoms with Gasteiger partial charge in [-0.1, -0.05) is 0 Å². The largest absolute Gasteiger partial charge is 0.392 e. The Hall–Kier alpha value is -2.54. The summed E-state index contributed by atoms with van der Waals surface area (Å²) in [6, 6.07) is 4.89. The predicted octanol–water partition coefficient (Wildman–Crippen LogP) is 1.21. The average Bonchev–Trinajstić information content (AvgIpc) is 3.42. The number of hydrogen-bond donors (Lipinski definition) is 3. The van der Waals surface area contributed by atoms with Gasteiger partial charge < -0.3 is 15.4 Å². The molecule has 0 radical (unpaired) electrons. The summed E-state index contributed by atoms with van der Waals surface area (Å²) in [5.74, 6) is 1.19. The minimum atomic E-state index is -0.240. The normalized spacial score (nSPS) is 22.3. The molecule has 1 amide bonds. The number of hydrogen-bond acceptors (Lipinski definition) is 5. The monoisotopic (exact) mass is 340 g/mol. The van der Waals surface area contributed by atoms with Gasteiger partial charge >= 0.3 is 0 Å². The Balaban J connectivity index is 1.37. The Bertz CT molecular complexity index is 853. The summed E-state index contributed by atoms with van der Waals surface area (Å²) in [7, 11) is 0. The number of nitrogens with one attached hydrogen (secondary N) is 2. The second-order valence-corrected chi connectivity index (χ2v) is 6.88. The van der Waals surface area contributed by atoms with Crippen molar-refractivity contribution in [2.75, 3.05) is 0 Å². The fourth-order valence-corrected chi connectivity index (χ4v) is 3.19. The summed E-state index contributed by atoms with van der Waals surface area (Å²) in [5, 5.41) is 12.1. The lowest BCUT2D eigenvalue weighted by atomic mass is 9.78. The van der Waals surface area contributed by atoms with Crippen molar-refractivity contribution in [2.24, 2.45) is 0 Å². The third-order valence-electron chi connectivity index (χ3n) is 4.87. The van der Waals surface area contributed by atoms with Crippen LogP contribution in [0.25, 0.3) is 0 Å². The number of amides is 1. The Labute approximate surface area is 144 Å². The molecule has 2 heterocycles. The SMILES string of the molecule is O=C(NC1CC(c2cc(=O)[nH]c(C3CC3)n2)C1)c1cc(CO)ccn1. The van der Waals surface area contributed by atoms with Crippen LogP contribution in [0.2, 0.25) is 0 Å². The Morgan fingerprint density at radius 1 is 1.28 bits per heavy atom. The topological polar surface area (TPSA) is 108 Å². The van der Waals surface area contributed by atoms with Gasteiger partial charge in [-0.2, -0.15) is 0 Å². The van der Waals surface area contributed by atoms with E-state index in [1.54, 1.807) is 18.2 Å². The van der Waals surface area contributed by atoms with Crippen molar-refractivity contribution in [3.63, 3.8) is 0 Å².